The SMILES string of the molecule is CCCCn1nc(C(=O)Nc2ccc3c(c2)CCCN3C(C)=O)ccc1=O. The van der Waals surface area contributed by atoms with E-state index < -0.39 is 0 Å². The van der Waals surface area contributed by atoms with Crippen LogP contribution in [0.5, 0.6) is 0 Å². The minimum Gasteiger partial charge on any atom is -0.321 e. The number of aromatic nitrogens is 2. The van der Waals surface area contributed by atoms with E-state index in [1.165, 1.54) is 16.8 Å². The van der Waals surface area contributed by atoms with Gasteiger partial charge in [0, 0.05) is 37.5 Å². The topological polar surface area (TPSA) is 84.3 Å². The number of carbonyl (C=O) groups is 2. The first-order valence-electron chi connectivity index (χ1n) is 9.30. The van der Waals surface area contributed by atoms with Gasteiger partial charge in [0.2, 0.25) is 5.91 Å². The van der Waals surface area contributed by atoms with Gasteiger partial charge in [0.1, 0.15) is 5.69 Å². The number of unbranched alkanes of at least 4 members (excludes halogenated alkanes) is 1. The normalized spacial score (nSPS) is 13.2. The van der Waals surface area contributed by atoms with Crippen LogP contribution in [0.25, 0.3) is 0 Å². The highest BCUT2D eigenvalue weighted by molar-refractivity contribution is 6.03. The van der Waals surface area contributed by atoms with Crippen LogP contribution >= 0.6 is 0 Å². The number of aryl methyl sites for hydroxylation is 2. The second-order valence-corrected chi connectivity index (χ2v) is 6.71. The molecule has 142 valence electrons. The highest BCUT2D eigenvalue weighted by Gasteiger charge is 2.20. The third-order valence-electron chi connectivity index (χ3n) is 4.66. The van der Waals surface area contributed by atoms with Crippen LogP contribution in [0, 0.1) is 0 Å². The van der Waals surface area contributed by atoms with Gasteiger partial charge in [-0.2, -0.15) is 5.10 Å². The molecular weight excluding hydrogens is 344 g/mol. The van der Waals surface area contributed by atoms with E-state index in [1.807, 2.05) is 19.1 Å². The Hall–Kier alpha value is -2.96. The van der Waals surface area contributed by atoms with E-state index in [4.69, 9.17) is 0 Å². The molecule has 1 aliphatic rings. The zero-order valence-corrected chi connectivity index (χ0v) is 15.7. The first-order valence-corrected chi connectivity index (χ1v) is 9.30. The maximum absolute atomic E-state index is 12.5. The van der Waals surface area contributed by atoms with E-state index in [1.54, 1.807) is 17.9 Å². The summed E-state index contributed by atoms with van der Waals surface area (Å²) in [6, 6.07) is 8.35. The fraction of sp³-hybridized carbons (Fsp3) is 0.400. The third-order valence-corrected chi connectivity index (χ3v) is 4.66. The Morgan fingerprint density at radius 2 is 2.04 bits per heavy atom. The Labute approximate surface area is 158 Å². The standard InChI is InChI=1S/C20H24N4O3/c1-3-4-12-24-19(26)10-8-17(22-24)20(27)21-16-7-9-18-15(13-16)6-5-11-23(18)14(2)25/h7-10,13H,3-6,11-12H2,1-2H3,(H,21,27). The number of fused-ring (bicyclic) bond motifs is 1. The number of amides is 2. The minimum absolute atomic E-state index is 0.0197. The molecule has 7 nitrogen and oxygen atoms in total. The molecule has 0 bridgehead atoms. The van der Waals surface area contributed by atoms with Crippen LogP contribution in [0.2, 0.25) is 0 Å². The number of hydrogen-bond acceptors (Lipinski definition) is 4. The van der Waals surface area contributed by atoms with E-state index in [0.29, 0.717) is 12.2 Å². The van der Waals surface area contributed by atoms with Crippen molar-refractivity contribution in [3.63, 3.8) is 0 Å². The molecule has 0 saturated carbocycles. The first-order chi connectivity index (χ1) is 13.0. The summed E-state index contributed by atoms with van der Waals surface area (Å²) in [5.74, 6) is -0.342. The zero-order chi connectivity index (χ0) is 19.4. The number of nitrogens with one attached hydrogen (secondary N) is 1. The second-order valence-electron chi connectivity index (χ2n) is 6.71. The summed E-state index contributed by atoms with van der Waals surface area (Å²) in [6.07, 6.45) is 3.53. The van der Waals surface area contributed by atoms with Crippen molar-refractivity contribution in [2.24, 2.45) is 0 Å². The molecule has 2 amide bonds. The van der Waals surface area contributed by atoms with Crippen LogP contribution in [0.3, 0.4) is 0 Å². The van der Waals surface area contributed by atoms with Crippen LogP contribution in [-0.2, 0) is 17.8 Å². The van der Waals surface area contributed by atoms with Crippen molar-refractivity contribution >= 4 is 23.2 Å². The summed E-state index contributed by atoms with van der Waals surface area (Å²) >= 11 is 0. The number of nitrogens with zero attached hydrogens (tertiary/aromatic N) is 3. The molecule has 2 heterocycles. The van der Waals surface area contributed by atoms with Crippen molar-refractivity contribution in [1.82, 2.24) is 9.78 Å². The van der Waals surface area contributed by atoms with Crippen molar-refractivity contribution in [1.29, 1.82) is 0 Å². The van der Waals surface area contributed by atoms with Gasteiger partial charge in [-0.05, 0) is 49.1 Å². The third kappa shape index (κ3) is 4.24. The average Bonchev–Trinajstić information content (AvgIpc) is 2.66. The number of hydrogen-bond donors (Lipinski definition) is 1. The fourth-order valence-corrected chi connectivity index (χ4v) is 3.24. The monoisotopic (exact) mass is 368 g/mol. The summed E-state index contributed by atoms with van der Waals surface area (Å²) < 4.78 is 1.33. The molecule has 1 aromatic heterocycles. The molecule has 27 heavy (non-hydrogen) atoms. The van der Waals surface area contributed by atoms with Crippen LogP contribution in [0.1, 0.15) is 49.2 Å². The van der Waals surface area contributed by atoms with Gasteiger partial charge in [-0.15, -0.1) is 0 Å². The van der Waals surface area contributed by atoms with Gasteiger partial charge in [-0.1, -0.05) is 13.3 Å². The van der Waals surface area contributed by atoms with Crippen LogP contribution < -0.4 is 15.8 Å². The van der Waals surface area contributed by atoms with Gasteiger partial charge < -0.3 is 10.2 Å². The quantitative estimate of drug-likeness (QED) is 0.879. The lowest BCUT2D eigenvalue weighted by Crippen LogP contribution is -2.33. The molecular formula is C20H24N4O3. The molecule has 0 spiro atoms. The summed E-state index contributed by atoms with van der Waals surface area (Å²) in [4.78, 5) is 37.9. The van der Waals surface area contributed by atoms with Crippen LogP contribution in [0.15, 0.2) is 35.1 Å². The van der Waals surface area contributed by atoms with Crippen molar-refractivity contribution in [3.05, 3.63) is 51.9 Å². The molecule has 1 aromatic carbocycles. The van der Waals surface area contributed by atoms with Gasteiger partial charge in [-0.3, -0.25) is 14.4 Å². The summed E-state index contributed by atoms with van der Waals surface area (Å²) in [5.41, 5.74) is 2.58. The number of anilines is 2. The molecule has 3 rings (SSSR count). The van der Waals surface area contributed by atoms with Gasteiger partial charge >= 0.3 is 0 Å². The summed E-state index contributed by atoms with van der Waals surface area (Å²) in [6.45, 7) is 4.81. The Morgan fingerprint density at radius 3 is 2.78 bits per heavy atom. The molecule has 0 saturated heterocycles. The molecule has 1 N–H and O–H groups in total. The van der Waals surface area contributed by atoms with E-state index in [9.17, 15) is 14.4 Å². The van der Waals surface area contributed by atoms with Crippen molar-refractivity contribution in [3.8, 4) is 0 Å². The van der Waals surface area contributed by atoms with Crippen LogP contribution in [0.4, 0.5) is 11.4 Å². The fourth-order valence-electron chi connectivity index (χ4n) is 3.24. The second kappa shape index (κ2) is 8.16. The Kier molecular flexibility index (Phi) is 5.69. The molecule has 0 aliphatic carbocycles. The average molecular weight is 368 g/mol. The first kappa shape index (κ1) is 18.8. The maximum atomic E-state index is 12.5. The molecule has 7 heteroatoms. The van der Waals surface area contributed by atoms with Gasteiger partial charge in [0.25, 0.3) is 11.5 Å². The lowest BCUT2D eigenvalue weighted by atomic mass is 10.0. The van der Waals surface area contributed by atoms with Crippen LogP contribution in [-0.4, -0.2) is 28.1 Å². The smallest absolute Gasteiger partial charge is 0.276 e. The van der Waals surface area contributed by atoms with Crippen molar-refractivity contribution in [2.75, 3.05) is 16.8 Å². The maximum Gasteiger partial charge on any atom is 0.276 e. The van der Waals surface area contributed by atoms with E-state index in [2.05, 4.69) is 10.4 Å². The molecule has 0 fully saturated rings. The van der Waals surface area contributed by atoms with E-state index in [0.717, 1.165) is 43.5 Å². The van der Waals surface area contributed by atoms with Gasteiger partial charge in [0.15, 0.2) is 0 Å². The minimum atomic E-state index is -0.362. The molecule has 0 unspecified atom stereocenters. The summed E-state index contributed by atoms with van der Waals surface area (Å²) in [5, 5.41) is 7.00. The molecule has 1 aliphatic heterocycles. The highest BCUT2D eigenvalue weighted by Crippen LogP contribution is 2.29. The highest BCUT2D eigenvalue weighted by atomic mass is 16.2. The summed E-state index contributed by atoms with van der Waals surface area (Å²) in [7, 11) is 0. The number of rotatable bonds is 5. The molecule has 0 radical (unpaired) electrons. The predicted octanol–water partition coefficient (Wildman–Crippen LogP) is 2.59. The Balaban J connectivity index is 1.79. The van der Waals surface area contributed by atoms with Gasteiger partial charge in [0.05, 0.1) is 0 Å². The molecule has 2 aromatic rings. The van der Waals surface area contributed by atoms with E-state index in [-0.39, 0.29) is 23.1 Å². The number of benzene rings is 1. The Morgan fingerprint density at radius 1 is 1.22 bits per heavy atom. The van der Waals surface area contributed by atoms with Crippen molar-refractivity contribution in [2.45, 2.75) is 46.1 Å². The van der Waals surface area contributed by atoms with E-state index >= 15 is 0 Å². The van der Waals surface area contributed by atoms with Crippen molar-refractivity contribution < 1.29 is 9.59 Å². The predicted molar refractivity (Wildman–Crippen MR) is 104 cm³/mol. The largest absolute Gasteiger partial charge is 0.321 e. The lowest BCUT2D eigenvalue weighted by molar-refractivity contribution is -0.116. The Bertz CT molecular complexity index is 920. The molecule has 0 atom stereocenters. The lowest BCUT2D eigenvalue weighted by Gasteiger charge is -2.28. The number of carbonyl (C=O) groups excluding carboxylic acids is 2. The van der Waals surface area contributed by atoms with Gasteiger partial charge in [-0.25, -0.2) is 4.68 Å². The zero-order valence-electron chi connectivity index (χ0n) is 15.7.